The number of carboxylic acids is 1. The highest BCUT2D eigenvalue weighted by molar-refractivity contribution is 5.96. The molecular weight excluding hydrogens is 360 g/mol. The van der Waals surface area contributed by atoms with E-state index in [0.29, 0.717) is 12.0 Å². The summed E-state index contributed by atoms with van der Waals surface area (Å²) in [5.41, 5.74) is 5.18. The lowest BCUT2D eigenvalue weighted by atomic mass is 9.82. The van der Waals surface area contributed by atoms with Gasteiger partial charge in [-0.25, -0.2) is 0 Å². The van der Waals surface area contributed by atoms with Crippen molar-refractivity contribution < 1.29 is 24.2 Å². The summed E-state index contributed by atoms with van der Waals surface area (Å²) in [6.45, 7) is 0. The van der Waals surface area contributed by atoms with Crippen LogP contribution < -0.4 is 15.6 Å². The third-order valence-corrected chi connectivity index (χ3v) is 6.07. The second-order valence-corrected chi connectivity index (χ2v) is 7.83. The van der Waals surface area contributed by atoms with Gasteiger partial charge in [-0.3, -0.25) is 25.2 Å². The Morgan fingerprint density at radius 2 is 1.57 bits per heavy atom. The second kappa shape index (κ2) is 7.66. The Labute approximate surface area is 163 Å². The number of fused-ring (bicyclic) bond motifs is 2. The minimum Gasteiger partial charge on any atom is -0.490 e. The van der Waals surface area contributed by atoms with Gasteiger partial charge in [-0.05, 0) is 68.2 Å². The Bertz CT molecular complexity index is 798. The van der Waals surface area contributed by atoms with Gasteiger partial charge in [0.15, 0.2) is 0 Å². The van der Waals surface area contributed by atoms with Crippen molar-refractivity contribution >= 4 is 17.8 Å². The first-order valence-corrected chi connectivity index (χ1v) is 9.81. The average Bonchev–Trinajstić information content (AvgIpc) is 3.43. The van der Waals surface area contributed by atoms with E-state index in [1.54, 1.807) is 24.3 Å². The topological polar surface area (TPSA) is 105 Å². The quantitative estimate of drug-likeness (QED) is 0.534. The van der Waals surface area contributed by atoms with Crippen molar-refractivity contribution in [3.8, 4) is 5.75 Å². The first-order chi connectivity index (χ1) is 13.5. The van der Waals surface area contributed by atoms with E-state index in [4.69, 9.17) is 4.74 Å². The van der Waals surface area contributed by atoms with Gasteiger partial charge in [0.05, 0.1) is 17.9 Å². The van der Waals surface area contributed by atoms with E-state index in [1.165, 1.54) is 12.8 Å². The number of aliphatic carboxylic acids is 1. The summed E-state index contributed by atoms with van der Waals surface area (Å²) in [5.74, 6) is -2.75. The molecule has 4 rings (SSSR count). The van der Waals surface area contributed by atoms with E-state index < -0.39 is 29.6 Å². The van der Waals surface area contributed by atoms with E-state index in [1.807, 2.05) is 12.2 Å². The van der Waals surface area contributed by atoms with Gasteiger partial charge in [0.2, 0.25) is 5.91 Å². The fraction of sp³-hybridized carbons (Fsp3) is 0.476. The summed E-state index contributed by atoms with van der Waals surface area (Å²) in [5, 5.41) is 9.42. The van der Waals surface area contributed by atoms with E-state index in [2.05, 4.69) is 10.9 Å². The summed E-state index contributed by atoms with van der Waals surface area (Å²) >= 11 is 0. The minimum atomic E-state index is -0.971. The fourth-order valence-corrected chi connectivity index (χ4v) is 4.67. The van der Waals surface area contributed by atoms with Gasteiger partial charge in [0.25, 0.3) is 5.91 Å². The maximum absolute atomic E-state index is 12.5. The van der Waals surface area contributed by atoms with E-state index in [9.17, 15) is 19.5 Å². The van der Waals surface area contributed by atoms with Crippen LogP contribution in [0.5, 0.6) is 5.75 Å². The normalized spacial score (nSPS) is 28.3. The van der Waals surface area contributed by atoms with Gasteiger partial charge in [-0.15, -0.1) is 0 Å². The van der Waals surface area contributed by atoms with Crippen molar-refractivity contribution in [1.29, 1.82) is 0 Å². The molecule has 3 N–H and O–H groups in total. The number of benzene rings is 1. The third-order valence-electron chi connectivity index (χ3n) is 6.07. The second-order valence-electron chi connectivity index (χ2n) is 7.83. The molecule has 0 radical (unpaired) electrons. The number of hydrogen-bond donors (Lipinski definition) is 3. The Kier molecular flexibility index (Phi) is 5.07. The lowest BCUT2D eigenvalue weighted by molar-refractivity contribution is -0.148. The number of carbonyl (C=O) groups is 3. The van der Waals surface area contributed by atoms with Gasteiger partial charge < -0.3 is 9.84 Å². The highest BCUT2D eigenvalue weighted by Gasteiger charge is 2.51. The monoisotopic (exact) mass is 384 g/mol. The minimum absolute atomic E-state index is 0.0879. The van der Waals surface area contributed by atoms with E-state index in [-0.39, 0.29) is 17.9 Å². The van der Waals surface area contributed by atoms with Crippen LogP contribution in [0.25, 0.3) is 0 Å². The van der Waals surface area contributed by atoms with Crippen molar-refractivity contribution in [3.63, 3.8) is 0 Å². The smallest absolute Gasteiger partial charge is 0.307 e. The number of ether oxygens (including phenoxy) is 1. The number of nitrogens with one attached hydrogen (secondary N) is 2. The molecular formula is C21H24N2O5. The highest BCUT2D eigenvalue weighted by atomic mass is 16.5. The van der Waals surface area contributed by atoms with Gasteiger partial charge >= 0.3 is 5.97 Å². The molecule has 0 heterocycles. The van der Waals surface area contributed by atoms with Crippen molar-refractivity contribution in [2.75, 3.05) is 0 Å². The van der Waals surface area contributed by atoms with Crippen LogP contribution in [0.4, 0.5) is 0 Å². The Morgan fingerprint density at radius 1 is 0.929 bits per heavy atom. The average molecular weight is 384 g/mol. The van der Waals surface area contributed by atoms with Gasteiger partial charge in [-0.2, -0.15) is 0 Å². The van der Waals surface area contributed by atoms with Crippen LogP contribution >= 0.6 is 0 Å². The zero-order chi connectivity index (χ0) is 19.7. The Morgan fingerprint density at radius 3 is 2.21 bits per heavy atom. The van der Waals surface area contributed by atoms with Crippen molar-refractivity contribution in [2.45, 2.75) is 38.2 Å². The molecule has 2 amide bonds. The van der Waals surface area contributed by atoms with E-state index in [0.717, 1.165) is 18.6 Å². The van der Waals surface area contributed by atoms with Gasteiger partial charge in [0, 0.05) is 5.56 Å². The van der Waals surface area contributed by atoms with Gasteiger partial charge in [0.1, 0.15) is 5.75 Å². The molecule has 148 valence electrons. The molecule has 0 saturated heterocycles. The molecule has 2 saturated carbocycles. The van der Waals surface area contributed by atoms with Crippen LogP contribution in [0.2, 0.25) is 0 Å². The molecule has 7 nitrogen and oxygen atoms in total. The summed E-state index contributed by atoms with van der Waals surface area (Å²) in [4.78, 5) is 36.3. The highest BCUT2D eigenvalue weighted by Crippen LogP contribution is 2.48. The maximum atomic E-state index is 12.5. The van der Waals surface area contributed by atoms with Crippen molar-refractivity contribution in [2.24, 2.45) is 23.7 Å². The first-order valence-electron chi connectivity index (χ1n) is 9.81. The van der Waals surface area contributed by atoms with Crippen molar-refractivity contribution in [3.05, 3.63) is 42.0 Å². The Balaban J connectivity index is 1.32. The molecule has 1 aromatic rings. The predicted molar refractivity (Wildman–Crippen MR) is 100 cm³/mol. The summed E-state index contributed by atoms with van der Waals surface area (Å²) < 4.78 is 5.87. The molecule has 2 bridgehead atoms. The largest absolute Gasteiger partial charge is 0.490 e. The Hall–Kier alpha value is -2.83. The lowest BCUT2D eigenvalue weighted by Gasteiger charge is -2.23. The van der Waals surface area contributed by atoms with Crippen LogP contribution in [0, 0.1) is 23.7 Å². The molecule has 0 aliphatic heterocycles. The van der Waals surface area contributed by atoms with Crippen LogP contribution in [0.15, 0.2) is 36.4 Å². The SMILES string of the molecule is O=C(NNC(=O)[C@@H]1[C@@H](C(=O)O)[C@H]2C=C[C@H]1C2)c1ccc(OC2CCCC2)cc1. The molecule has 1 aromatic carbocycles. The molecule has 3 aliphatic carbocycles. The maximum Gasteiger partial charge on any atom is 0.307 e. The molecule has 2 fully saturated rings. The zero-order valence-electron chi connectivity index (χ0n) is 15.5. The standard InChI is InChI=1S/C21H24N2O5/c24-19(12-7-9-16(10-8-12)28-15-3-1-2-4-15)22-23-20(25)17-13-5-6-14(11-13)18(17)21(26)27/h5-10,13-15,17-18H,1-4,11H2,(H,22,24)(H,23,25)(H,26,27)/t13-,14-,17-,18-/m0/s1. The number of carbonyl (C=O) groups excluding carboxylic acids is 2. The zero-order valence-corrected chi connectivity index (χ0v) is 15.5. The summed E-state index contributed by atoms with van der Waals surface area (Å²) in [6, 6.07) is 6.78. The lowest BCUT2D eigenvalue weighted by Crippen LogP contribution is -2.48. The number of hydrazine groups is 1. The van der Waals surface area contributed by atoms with Crippen molar-refractivity contribution in [1.82, 2.24) is 10.9 Å². The summed E-state index contributed by atoms with van der Waals surface area (Å²) in [6.07, 6.45) is 9.19. The third kappa shape index (κ3) is 3.61. The number of carboxylic acid groups (broad SMARTS) is 1. The van der Waals surface area contributed by atoms with Crippen LogP contribution in [-0.4, -0.2) is 29.0 Å². The van der Waals surface area contributed by atoms with Gasteiger partial charge in [-0.1, -0.05) is 12.2 Å². The van der Waals surface area contributed by atoms with Crippen LogP contribution in [0.1, 0.15) is 42.5 Å². The molecule has 4 atom stereocenters. The molecule has 0 spiro atoms. The number of hydrogen-bond acceptors (Lipinski definition) is 4. The number of amides is 2. The molecule has 3 aliphatic rings. The first kappa shape index (κ1) is 18.5. The molecule has 7 heteroatoms. The van der Waals surface area contributed by atoms with Crippen LogP contribution in [-0.2, 0) is 9.59 Å². The predicted octanol–water partition coefficient (Wildman–Crippen LogP) is 2.29. The van der Waals surface area contributed by atoms with E-state index >= 15 is 0 Å². The number of allylic oxidation sites excluding steroid dienone is 2. The fourth-order valence-electron chi connectivity index (χ4n) is 4.67. The number of rotatable bonds is 5. The van der Waals surface area contributed by atoms with Crippen LogP contribution in [0.3, 0.4) is 0 Å². The summed E-state index contributed by atoms with van der Waals surface area (Å²) in [7, 11) is 0. The molecule has 0 aromatic heterocycles. The molecule has 28 heavy (non-hydrogen) atoms. The molecule has 0 unspecified atom stereocenters.